The van der Waals surface area contributed by atoms with Crippen LogP contribution in [0.2, 0.25) is 0 Å². The maximum atomic E-state index is 14.4. The van der Waals surface area contributed by atoms with Gasteiger partial charge in [-0.2, -0.15) is 0 Å². The number of aromatic nitrogens is 1. The molecule has 2 aromatic rings. The number of hydrogen-bond acceptors (Lipinski definition) is 6. The number of carboxylic acids is 1. The highest BCUT2D eigenvalue weighted by Gasteiger charge is 2.30. The van der Waals surface area contributed by atoms with Crippen molar-refractivity contribution in [3.05, 3.63) is 51.8 Å². The number of aliphatic hydroxyl groups excluding tert-OH is 2. The first-order valence-electron chi connectivity index (χ1n) is 12.1. The van der Waals surface area contributed by atoms with Crippen LogP contribution in [0.3, 0.4) is 0 Å². The average Bonchev–Trinajstić information content (AvgIpc) is 3.30. The lowest BCUT2D eigenvalue weighted by Gasteiger charge is -2.19. The maximum Gasteiger partial charge on any atom is 0.323 e. The Bertz CT molecular complexity index is 1340. The normalized spacial score (nSPS) is 15.1. The average molecular weight is 549 g/mol. The van der Waals surface area contributed by atoms with Gasteiger partial charge >= 0.3 is 5.97 Å². The van der Waals surface area contributed by atoms with E-state index in [0.29, 0.717) is 17.0 Å². The second kappa shape index (κ2) is 12.2. The van der Waals surface area contributed by atoms with Gasteiger partial charge in [0.25, 0.3) is 11.8 Å². The van der Waals surface area contributed by atoms with Crippen LogP contribution in [0.15, 0.2) is 12.1 Å². The third kappa shape index (κ3) is 6.86. The van der Waals surface area contributed by atoms with E-state index in [-0.39, 0.29) is 48.2 Å². The molecule has 13 heteroatoms. The number of hydrogen-bond donors (Lipinski definition) is 6. The summed E-state index contributed by atoms with van der Waals surface area (Å²) in [6.45, 7) is 2.80. The number of aliphatic hydroxyl groups is 2. The molecule has 3 rings (SSSR count). The molecule has 3 amide bonds. The van der Waals surface area contributed by atoms with Crippen molar-refractivity contribution >= 4 is 41.0 Å². The number of likely N-dealkylation sites (N-methyl/N-ethyl adjacent to an activating group) is 1. The molecule has 1 aromatic heterocycles. The molecule has 0 unspecified atom stereocenters. The number of rotatable bonds is 11. The SMILES string of the molecule is Cc1[nH]c(/C=C2\C(=O)Nc3ccc(F)c(F)c32)c(C)c1C(=O)NCC[C@@H](O)C[C@@H](O)CC(=O)N(C)CC(=O)O. The number of fused-ring (bicyclic) bond motifs is 1. The molecule has 0 saturated heterocycles. The van der Waals surface area contributed by atoms with E-state index in [1.807, 2.05) is 0 Å². The van der Waals surface area contributed by atoms with Gasteiger partial charge < -0.3 is 35.8 Å². The zero-order valence-electron chi connectivity index (χ0n) is 21.6. The minimum absolute atomic E-state index is 0.0420. The van der Waals surface area contributed by atoms with Crippen LogP contribution in [0.4, 0.5) is 14.5 Å². The van der Waals surface area contributed by atoms with Crippen LogP contribution in [-0.4, -0.2) is 81.2 Å². The summed E-state index contributed by atoms with van der Waals surface area (Å²) in [6.07, 6.45) is -1.31. The summed E-state index contributed by atoms with van der Waals surface area (Å²) in [5, 5.41) is 34.1. The van der Waals surface area contributed by atoms with Gasteiger partial charge in [0.1, 0.15) is 6.54 Å². The van der Waals surface area contributed by atoms with Crippen molar-refractivity contribution in [2.45, 2.75) is 45.3 Å². The smallest absolute Gasteiger partial charge is 0.323 e. The lowest BCUT2D eigenvalue weighted by Crippen LogP contribution is -2.35. The molecule has 0 radical (unpaired) electrons. The maximum absolute atomic E-state index is 14.4. The number of nitrogens with zero attached hydrogens (tertiary/aromatic N) is 1. The van der Waals surface area contributed by atoms with Gasteiger partial charge in [-0.3, -0.25) is 19.2 Å². The van der Waals surface area contributed by atoms with Gasteiger partial charge in [-0.1, -0.05) is 0 Å². The Kier molecular flexibility index (Phi) is 9.20. The fourth-order valence-electron chi connectivity index (χ4n) is 4.37. The first-order valence-corrected chi connectivity index (χ1v) is 12.1. The highest BCUT2D eigenvalue weighted by Crippen LogP contribution is 2.36. The molecular weight excluding hydrogens is 518 g/mol. The number of anilines is 1. The molecule has 1 aromatic carbocycles. The predicted molar refractivity (Wildman–Crippen MR) is 137 cm³/mol. The Hall–Kier alpha value is -4.10. The fraction of sp³-hybridized carbons (Fsp3) is 0.385. The molecule has 6 N–H and O–H groups in total. The highest BCUT2D eigenvalue weighted by molar-refractivity contribution is 6.35. The van der Waals surface area contributed by atoms with Gasteiger partial charge in [-0.25, -0.2) is 8.78 Å². The van der Waals surface area contributed by atoms with Gasteiger partial charge in [0.2, 0.25) is 5.91 Å². The van der Waals surface area contributed by atoms with Gasteiger partial charge in [0.15, 0.2) is 11.6 Å². The van der Waals surface area contributed by atoms with E-state index >= 15 is 0 Å². The van der Waals surface area contributed by atoms with E-state index in [4.69, 9.17) is 5.11 Å². The Labute approximate surface area is 222 Å². The number of H-pyrrole nitrogens is 1. The molecule has 2 atom stereocenters. The van der Waals surface area contributed by atoms with Gasteiger partial charge in [-0.15, -0.1) is 0 Å². The minimum atomic E-state index is -1.19. The summed E-state index contributed by atoms with van der Waals surface area (Å²) >= 11 is 0. The highest BCUT2D eigenvalue weighted by atomic mass is 19.2. The fourth-order valence-corrected chi connectivity index (χ4v) is 4.37. The zero-order valence-corrected chi connectivity index (χ0v) is 21.6. The lowest BCUT2D eigenvalue weighted by molar-refractivity contribution is -0.144. The molecule has 210 valence electrons. The lowest BCUT2D eigenvalue weighted by atomic mass is 10.0. The van der Waals surface area contributed by atoms with Crippen molar-refractivity contribution in [1.82, 2.24) is 15.2 Å². The third-order valence-electron chi connectivity index (χ3n) is 6.36. The molecule has 0 fully saturated rings. The summed E-state index contributed by atoms with van der Waals surface area (Å²) in [7, 11) is 1.29. The first kappa shape index (κ1) is 29.5. The first-order chi connectivity index (χ1) is 18.3. The summed E-state index contributed by atoms with van der Waals surface area (Å²) in [6, 6.07) is 2.18. The molecule has 0 spiro atoms. The molecule has 0 aliphatic carbocycles. The molecule has 11 nitrogen and oxygen atoms in total. The number of carbonyl (C=O) groups is 4. The number of carbonyl (C=O) groups excluding carboxylic acids is 3. The second-order valence-electron chi connectivity index (χ2n) is 9.40. The topological polar surface area (TPSA) is 172 Å². The van der Waals surface area contributed by atoms with Gasteiger partial charge in [-0.05, 0) is 50.5 Å². The van der Waals surface area contributed by atoms with Crippen LogP contribution in [0.1, 0.15) is 52.1 Å². The Morgan fingerprint density at radius 3 is 2.51 bits per heavy atom. The number of aliphatic carboxylic acids is 1. The van der Waals surface area contributed by atoms with Gasteiger partial charge in [0.05, 0.1) is 35.5 Å². The third-order valence-corrected chi connectivity index (χ3v) is 6.36. The Morgan fingerprint density at radius 1 is 1.15 bits per heavy atom. The van der Waals surface area contributed by atoms with Crippen molar-refractivity contribution in [2.75, 3.05) is 25.5 Å². The molecule has 2 heterocycles. The van der Waals surface area contributed by atoms with E-state index in [1.165, 1.54) is 19.2 Å². The molecule has 1 aliphatic heterocycles. The largest absolute Gasteiger partial charge is 0.480 e. The molecule has 1 aliphatic rings. The van der Waals surface area contributed by atoms with E-state index in [9.17, 15) is 38.2 Å². The predicted octanol–water partition coefficient (Wildman–Crippen LogP) is 1.57. The van der Waals surface area contributed by atoms with Crippen molar-refractivity contribution < 1.29 is 43.3 Å². The van der Waals surface area contributed by atoms with Crippen LogP contribution >= 0.6 is 0 Å². The van der Waals surface area contributed by atoms with E-state index in [1.54, 1.807) is 13.8 Å². The van der Waals surface area contributed by atoms with Crippen LogP contribution in [0.25, 0.3) is 11.6 Å². The standard InChI is InChI=1S/C26H30F2N4O7/c1-12-19(10-16-23-18(31-25(16)38)5-4-17(27)24(23)28)30-13(2)22(12)26(39)29-7-6-14(33)8-15(34)9-20(35)32(3)11-21(36)37/h4-5,10,14-15,30,33-34H,6-9,11H2,1-3H3,(H,29,39)(H,31,38)(H,36,37)/b16-10-/t14-,15-/m1/s1. The van der Waals surface area contributed by atoms with E-state index in [2.05, 4.69) is 15.6 Å². The number of benzene rings is 1. The minimum Gasteiger partial charge on any atom is -0.480 e. The molecule has 39 heavy (non-hydrogen) atoms. The van der Waals surface area contributed by atoms with Crippen LogP contribution in [0, 0.1) is 25.5 Å². The zero-order chi connectivity index (χ0) is 29.0. The molecule has 0 bridgehead atoms. The number of aromatic amines is 1. The number of carboxylic acid groups (broad SMARTS) is 1. The van der Waals surface area contributed by atoms with Crippen LogP contribution < -0.4 is 10.6 Å². The Balaban J connectivity index is 1.60. The molecular formula is C26H30F2N4O7. The van der Waals surface area contributed by atoms with Gasteiger partial charge in [0, 0.05) is 30.5 Å². The van der Waals surface area contributed by atoms with Crippen molar-refractivity contribution in [2.24, 2.45) is 0 Å². The quantitative estimate of drug-likeness (QED) is 0.231. The van der Waals surface area contributed by atoms with E-state index in [0.717, 1.165) is 11.0 Å². The van der Waals surface area contributed by atoms with Crippen molar-refractivity contribution in [1.29, 1.82) is 0 Å². The van der Waals surface area contributed by atoms with Crippen molar-refractivity contribution in [3.63, 3.8) is 0 Å². The summed E-state index contributed by atoms with van der Waals surface area (Å²) in [5.41, 5.74) is 1.44. The monoisotopic (exact) mass is 548 g/mol. The van der Waals surface area contributed by atoms with Crippen LogP contribution in [0.5, 0.6) is 0 Å². The number of nitrogens with one attached hydrogen (secondary N) is 3. The van der Waals surface area contributed by atoms with E-state index < -0.39 is 54.1 Å². The van der Waals surface area contributed by atoms with Crippen LogP contribution in [-0.2, 0) is 14.4 Å². The number of aryl methyl sites for hydroxylation is 1. The summed E-state index contributed by atoms with van der Waals surface area (Å²) in [4.78, 5) is 51.8. The Morgan fingerprint density at radius 2 is 1.85 bits per heavy atom. The summed E-state index contributed by atoms with van der Waals surface area (Å²) in [5.74, 6) is -5.11. The van der Waals surface area contributed by atoms with Crippen molar-refractivity contribution in [3.8, 4) is 0 Å². The molecule has 0 saturated carbocycles. The summed E-state index contributed by atoms with van der Waals surface area (Å²) < 4.78 is 28.2. The number of amides is 3. The number of halogens is 2. The second-order valence-corrected chi connectivity index (χ2v) is 9.40.